The van der Waals surface area contributed by atoms with E-state index < -0.39 is 0 Å². The number of thiocarbonyl (C=S) groups is 1. The van der Waals surface area contributed by atoms with Crippen LogP contribution in [0.2, 0.25) is 0 Å². The van der Waals surface area contributed by atoms with Crippen LogP contribution >= 0.6 is 23.6 Å². The van der Waals surface area contributed by atoms with Crippen LogP contribution in [0.15, 0.2) is 24.3 Å². The number of nitrogens with one attached hydrogen (secondary N) is 1. The molecule has 0 saturated carbocycles. The predicted molar refractivity (Wildman–Crippen MR) is 134 cm³/mol. The van der Waals surface area contributed by atoms with Crippen molar-refractivity contribution < 1.29 is 14.6 Å². The third-order valence-electron chi connectivity index (χ3n) is 6.15. The van der Waals surface area contributed by atoms with Crippen molar-refractivity contribution in [3.8, 4) is 5.75 Å². The standard InChI is InChI=1S/C24H31N3O3S2/c1-2-30-23(29)21-19-7-5-3-4-6-8-20(19)32-22(21)25-24(31)27-15-13-26(14-16-27)17-9-11-18(28)12-10-17/h9-12,28H,2-8,13-16H2,1H3,(H,25,31). The van der Waals surface area contributed by atoms with Gasteiger partial charge in [-0.2, -0.15) is 0 Å². The first-order valence-electron chi connectivity index (χ1n) is 11.5. The SMILES string of the molecule is CCOC(=O)c1c(NC(=S)N2CCN(c3ccc(O)cc3)CC2)sc2c1CCCCCC2. The van der Waals surface area contributed by atoms with E-state index in [4.69, 9.17) is 17.0 Å². The smallest absolute Gasteiger partial charge is 0.341 e. The Kier molecular flexibility index (Phi) is 7.52. The van der Waals surface area contributed by atoms with Crippen molar-refractivity contribution in [2.45, 2.75) is 45.4 Å². The number of thiophene rings is 1. The fourth-order valence-electron chi connectivity index (χ4n) is 4.43. The topological polar surface area (TPSA) is 65.0 Å². The van der Waals surface area contributed by atoms with E-state index >= 15 is 0 Å². The summed E-state index contributed by atoms with van der Waals surface area (Å²) in [4.78, 5) is 18.6. The van der Waals surface area contributed by atoms with Crippen LogP contribution in [-0.2, 0) is 17.6 Å². The van der Waals surface area contributed by atoms with E-state index in [0.717, 1.165) is 61.7 Å². The molecule has 2 aliphatic rings. The Bertz CT molecular complexity index is 950. The molecule has 8 heteroatoms. The zero-order valence-corrected chi connectivity index (χ0v) is 20.2. The molecular weight excluding hydrogens is 442 g/mol. The van der Waals surface area contributed by atoms with E-state index in [-0.39, 0.29) is 11.7 Å². The first-order valence-corrected chi connectivity index (χ1v) is 12.7. The Hall–Kier alpha value is -2.32. The fourth-order valence-corrected chi connectivity index (χ4v) is 6.06. The van der Waals surface area contributed by atoms with Gasteiger partial charge in [0.2, 0.25) is 0 Å². The minimum atomic E-state index is -0.243. The van der Waals surface area contributed by atoms with Crippen LogP contribution in [0.3, 0.4) is 0 Å². The number of anilines is 2. The Labute approximate surface area is 199 Å². The van der Waals surface area contributed by atoms with Crippen LogP contribution in [0.25, 0.3) is 0 Å². The molecule has 1 aromatic carbocycles. The molecule has 0 unspecified atom stereocenters. The minimum Gasteiger partial charge on any atom is -0.508 e. The average molecular weight is 474 g/mol. The van der Waals surface area contributed by atoms with Gasteiger partial charge >= 0.3 is 5.97 Å². The number of aromatic hydroxyl groups is 1. The van der Waals surface area contributed by atoms with Gasteiger partial charge in [-0.3, -0.25) is 0 Å². The number of rotatable bonds is 4. The Morgan fingerprint density at radius 3 is 2.47 bits per heavy atom. The molecule has 2 heterocycles. The molecule has 172 valence electrons. The van der Waals surface area contributed by atoms with Crippen molar-refractivity contribution in [1.82, 2.24) is 4.90 Å². The van der Waals surface area contributed by atoms with Crippen molar-refractivity contribution in [2.24, 2.45) is 0 Å². The molecule has 4 rings (SSSR count). The summed E-state index contributed by atoms with van der Waals surface area (Å²) in [5.74, 6) is 0.0354. The van der Waals surface area contributed by atoms with Crippen molar-refractivity contribution in [3.05, 3.63) is 40.3 Å². The Balaban J connectivity index is 1.46. The highest BCUT2D eigenvalue weighted by molar-refractivity contribution is 7.80. The predicted octanol–water partition coefficient (Wildman–Crippen LogP) is 4.81. The third kappa shape index (κ3) is 5.18. The van der Waals surface area contributed by atoms with Crippen LogP contribution in [0.5, 0.6) is 5.75 Å². The quantitative estimate of drug-likeness (QED) is 0.488. The summed E-state index contributed by atoms with van der Waals surface area (Å²) in [5, 5.41) is 14.4. The zero-order valence-electron chi connectivity index (χ0n) is 18.6. The molecule has 1 aliphatic carbocycles. The summed E-state index contributed by atoms with van der Waals surface area (Å²) in [6, 6.07) is 7.31. The maximum Gasteiger partial charge on any atom is 0.341 e. The van der Waals surface area contributed by atoms with Crippen LogP contribution in [0.4, 0.5) is 10.7 Å². The lowest BCUT2D eigenvalue weighted by atomic mass is 9.96. The number of fused-ring (bicyclic) bond motifs is 1. The van der Waals surface area contributed by atoms with Crippen LogP contribution in [-0.4, -0.2) is 53.9 Å². The molecule has 0 bridgehead atoms. The van der Waals surface area contributed by atoms with Crippen LogP contribution in [0, 0.1) is 0 Å². The maximum absolute atomic E-state index is 12.8. The van der Waals surface area contributed by atoms with Crippen LogP contribution < -0.4 is 10.2 Å². The molecular formula is C24H31N3O3S2. The van der Waals surface area contributed by atoms with Gasteiger partial charge < -0.3 is 25.0 Å². The highest BCUT2D eigenvalue weighted by Gasteiger charge is 2.27. The van der Waals surface area contributed by atoms with Crippen molar-refractivity contribution >= 4 is 45.3 Å². The Morgan fingerprint density at radius 1 is 1.09 bits per heavy atom. The summed E-state index contributed by atoms with van der Waals surface area (Å²) in [6.07, 6.45) is 6.69. The second-order valence-corrected chi connectivity index (χ2v) is 9.76. The Morgan fingerprint density at radius 2 is 1.78 bits per heavy atom. The largest absolute Gasteiger partial charge is 0.508 e. The van der Waals surface area contributed by atoms with Crippen LogP contribution in [0.1, 0.15) is 53.4 Å². The van der Waals surface area contributed by atoms with E-state index in [9.17, 15) is 9.90 Å². The first kappa shape index (κ1) is 22.9. The van der Waals surface area contributed by atoms with Crippen molar-refractivity contribution in [3.63, 3.8) is 0 Å². The van der Waals surface area contributed by atoms with Crippen molar-refractivity contribution in [1.29, 1.82) is 0 Å². The molecule has 6 nitrogen and oxygen atoms in total. The summed E-state index contributed by atoms with van der Waals surface area (Å²) >= 11 is 7.42. The van der Waals surface area contributed by atoms with Gasteiger partial charge in [0.1, 0.15) is 10.8 Å². The fraction of sp³-hybridized carbons (Fsp3) is 0.500. The highest BCUT2D eigenvalue weighted by Crippen LogP contribution is 2.38. The van der Waals surface area contributed by atoms with Gasteiger partial charge in [0.25, 0.3) is 0 Å². The van der Waals surface area contributed by atoms with Gasteiger partial charge in [0, 0.05) is 36.7 Å². The second-order valence-electron chi connectivity index (χ2n) is 8.26. The lowest BCUT2D eigenvalue weighted by Crippen LogP contribution is -2.50. The number of esters is 1. The number of carbonyl (C=O) groups is 1. The molecule has 2 N–H and O–H groups in total. The highest BCUT2D eigenvalue weighted by atomic mass is 32.1. The number of piperazine rings is 1. The molecule has 32 heavy (non-hydrogen) atoms. The number of carbonyl (C=O) groups excluding carboxylic acids is 1. The third-order valence-corrected chi connectivity index (χ3v) is 7.72. The lowest BCUT2D eigenvalue weighted by Gasteiger charge is -2.37. The summed E-state index contributed by atoms with van der Waals surface area (Å²) < 4.78 is 5.41. The maximum atomic E-state index is 12.8. The summed E-state index contributed by atoms with van der Waals surface area (Å²) in [6.45, 7) is 5.50. The molecule has 0 atom stereocenters. The number of hydrogen-bond acceptors (Lipinski definition) is 6. The van der Waals surface area contributed by atoms with Gasteiger partial charge in [-0.15, -0.1) is 11.3 Å². The van der Waals surface area contributed by atoms with Gasteiger partial charge in [-0.25, -0.2) is 4.79 Å². The zero-order chi connectivity index (χ0) is 22.5. The number of nitrogens with zero attached hydrogens (tertiary/aromatic N) is 2. The summed E-state index contributed by atoms with van der Waals surface area (Å²) in [5.41, 5.74) is 2.96. The van der Waals surface area contributed by atoms with E-state index in [0.29, 0.717) is 17.3 Å². The van der Waals surface area contributed by atoms with E-state index in [2.05, 4.69) is 15.1 Å². The van der Waals surface area contributed by atoms with Gasteiger partial charge in [0.05, 0.1) is 12.2 Å². The average Bonchev–Trinajstić information content (AvgIpc) is 3.10. The molecule has 1 saturated heterocycles. The monoisotopic (exact) mass is 473 g/mol. The molecule has 0 spiro atoms. The molecule has 2 aromatic rings. The number of phenols is 1. The van der Waals surface area contributed by atoms with E-state index in [1.54, 1.807) is 23.5 Å². The number of benzene rings is 1. The number of ether oxygens (including phenoxy) is 1. The first-order chi connectivity index (χ1) is 15.6. The molecule has 0 amide bonds. The van der Waals surface area contributed by atoms with Gasteiger partial charge in [0.15, 0.2) is 5.11 Å². The molecule has 0 radical (unpaired) electrons. The summed E-state index contributed by atoms with van der Waals surface area (Å²) in [7, 11) is 0. The normalized spacial score (nSPS) is 16.7. The minimum absolute atomic E-state index is 0.243. The number of phenolic OH excluding ortho intramolecular Hbond substituents is 1. The lowest BCUT2D eigenvalue weighted by molar-refractivity contribution is 0.0526. The van der Waals surface area contributed by atoms with Crippen molar-refractivity contribution in [2.75, 3.05) is 43.0 Å². The van der Waals surface area contributed by atoms with Gasteiger partial charge in [-0.05, 0) is 74.7 Å². The number of hydrogen-bond donors (Lipinski definition) is 2. The van der Waals surface area contributed by atoms with E-state index in [1.165, 1.54) is 24.1 Å². The molecule has 1 aromatic heterocycles. The second kappa shape index (κ2) is 10.5. The number of aryl methyl sites for hydroxylation is 1. The molecule has 1 fully saturated rings. The molecule has 1 aliphatic heterocycles. The van der Waals surface area contributed by atoms with E-state index in [1.807, 2.05) is 19.1 Å². The van der Waals surface area contributed by atoms with Gasteiger partial charge in [-0.1, -0.05) is 12.8 Å².